The zero-order chi connectivity index (χ0) is 17.7. The molecule has 1 rings (SSSR count). The first-order valence-electron chi connectivity index (χ1n) is 5.45. The van der Waals surface area contributed by atoms with E-state index in [1.54, 1.807) is 6.92 Å². The standard InChI is InChI=1S/C7H10F3N3O2.C2HF3O2/c1-2-3(11)4(14)5-12-6(15-13-5)7(8,9)10;3-2(4,5)1(6)7/h3-4,14H,2,11H2,1H3;(H,6,7)/t3-,4?;/m0./s1. The van der Waals surface area contributed by atoms with E-state index < -0.39 is 42.2 Å². The van der Waals surface area contributed by atoms with E-state index in [4.69, 9.17) is 15.6 Å². The minimum Gasteiger partial charge on any atom is -0.475 e. The molecular formula is C9H11F6N3O4. The van der Waals surface area contributed by atoms with Crippen molar-refractivity contribution in [1.82, 2.24) is 10.1 Å². The highest BCUT2D eigenvalue weighted by molar-refractivity contribution is 5.73. The van der Waals surface area contributed by atoms with Crippen molar-refractivity contribution in [1.29, 1.82) is 0 Å². The maximum Gasteiger partial charge on any atom is 0.490 e. The first-order valence-corrected chi connectivity index (χ1v) is 5.45. The number of hydrogen-bond acceptors (Lipinski definition) is 6. The number of aromatic nitrogens is 2. The van der Waals surface area contributed by atoms with Crippen LogP contribution < -0.4 is 5.73 Å². The fraction of sp³-hybridized carbons (Fsp3) is 0.667. The summed E-state index contributed by atoms with van der Waals surface area (Å²) in [5.41, 5.74) is 5.41. The van der Waals surface area contributed by atoms with Crippen LogP contribution in [0.1, 0.15) is 31.2 Å². The molecule has 0 aliphatic rings. The Bertz CT molecular complexity index is 486. The van der Waals surface area contributed by atoms with Crippen molar-refractivity contribution in [2.75, 3.05) is 0 Å². The van der Waals surface area contributed by atoms with E-state index in [1.807, 2.05) is 0 Å². The molecule has 0 radical (unpaired) electrons. The second kappa shape index (κ2) is 7.40. The van der Waals surface area contributed by atoms with Crippen LogP contribution in [-0.4, -0.2) is 38.5 Å². The molecule has 128 valence electrons. The lowest BCUT2D eigenvalue weighted by atomic mass is 10.1. The number of aliphatic carboxylic acids is 1. The highest BCUT2D eigenvalue weighted by Gasteiger charge is 2.39. The Morgan fingerprint density at radius 2 is 1.77 bits per heavy atom. The van der Waals surface area contributed by atoms with Gasteiger partial charge in [-0.3, -0.25) is 0 Å². The van der Waals surface area contributed by atoms with Crippen LogP contribution in [0.4, 0.5) is 26.3 Å². The molecule has 0 saturated carbocycles. The highest BCUT2D eigenvalue weighted by atomic mass is 19.4. The number of nitrogens with zero attached hydrogens (tertiary/aromatic N) is 2. The maximum atomic E-state index is 12.0. The molecule has 1 aromatic rings. The van der Waals surface area contributed by atoms with Crippen LogP contribution >= 0.6 is 0 Å². The molecule has 0 amide bonds. The highest BCUT2D eigenvalue weighted by Crippen LogP contribution is 2.28. The van der Waals surface area contributed by atoms with Crippen molar-refractivity contribution in [3.8, 4) is 0 Å². The summed E-state index contributed by atoms with van der Waals surface area (Å²) in [5, 5.41) is 19.5. The van der Waals surface area contributed by atoms with Crippen molar-refractivity contribution in [2.24, 2.45) is 5.73 Å². The van der Waals surface area contributed by atoms with Gasteiger partial charge in [-0.25, -0.2) is 4.79 Å². The number of aliphatic hydroxyl groups is 1. The lowest BCUT2D eigenvalue weighted by molar-refractivity contribution is -0.192. The summed E-state index contributed by atoms with van der Waals surface area (Å²) >= 11 is 0. The van der Waals surface area contributed by atoms with Gasteiger partial charge in [0.25, 0.3) is 0 Å². The van der Waals surface area contributed by atoms with Crippen LogP contribution in [-0.2, 0) is 11.0 Å². The van der Waals surface area contributed by atoms with E-state index in [2.05, 4.69) is 14.7 Å². The number of hydrogen-bond donors (Lipinski definition) is 3. The van der Waals surface area contributed by atoms with Crippen LogP contribution in [0.3, 0.4) is 0 Å². The zero-order valence-corrected chi connectivity index (χ0v) is 10.8. The molecule has 0 aliphatic heterocycles. The Labute approximate surface area is 118 Å². The molecular weight excluding hydrogens is 328 g/mol. The van der Waals surface area contributed by atoms with Crippen LogP contribution in [0.2, 0.25) is 0 Å². The predicted octanol–water partition coefficient (Wildman–Crippen LogP) is 1.49. The van der Waals surface area contributed by atoms with Gasteiger partial charge in [0, 0.05) is 6.04 Å². The molecule has 1 heterocycles. The van der Waals surface area contributed by atoms with Gasteiger partial charge in [0.05, 0.1) is 0 Å². The van der Waals surface area contributed by atoms with Crippen molar-refractivity contribution < 1.29 is 45.9 Å². The van der Waals surface area contributed by atoms with Gasteiger partial charge in [-0.15, -0.1) is 0 Å². The SMILES string of the molecule is CC[C@H](N)C(O)c1noc(C(F)(F)F)n1.O=C(O)C(F)(F)F. The number of nitrogens with two attached hydrogens (primary N) is 1. The number of carboxylic acid groups (broad SMARTS) is 1. The Morgan fingerprint density at radius 3 is 2.05 bits per heavy atom. The normalized spacial score (nSPS) is 14.8. The lowest BCUT2D eigenvalue weighted by Crippen LogP contribution is -2.28. The summed E-state index contributed by atoms with van der Waals surface area (Å²) in [6.07, 6.45) is -10.8. The van der Waals surface area contributed by atoms with Gasteiger partial charge in [-0.2, -0.15) is 31.3 Å². The molecule has 0 bridgehead atoms. The molecule has 0 aliphatic carbocycles. The summed E-state index contributed by atoms with van der Waals surface area (Å²) < 4.78 is 71.8. The number of carboxylic acids is 1. The van der Waals surface area contributed by atoms with Gasteiger partial charge >= 0.3 is 24.2 Å². The van der Waals surface area contributed by atoms with E-state index in [0.717, 1.165) is 0 Å². The van der Waals surface area contributed by atoms with Gasteiger partial charge in [0.1, 0.15) is 6.10 Å². The van der Waals surface area contributed by atoms with Gasteiger partial charge in [0.15, 0.2) is 0 Å². The molecule has 4 N–H and O–H groups in total. The average molecular weight is 339 g/mol. The third-order valence-corrected chi connectivity index (χ3v) is 2.07. The fourth-order valence-electron chi connectivity index (χ4n) is 0.885. The molecule has 0 spiro atoms. The molecule has 1 unspecified atom stereocenters. The van der Waals surface area contributed by atoms with E-state index in [-0.39, 0.29) is 0 Å². The maximum absolute atomic E-state index is 12.0. The zero-order valence-electron chi connectivity index (χ0n) is 10.8. The summed E-state index contributed by atoms with van der Waals surface area (Å²) in [6, 6.07) is -0.719. The lowest BCUT2D eigenvalue weighted by Gasteiger charge is -2.12. The summed E-state index contributed by atoms with van der Waals surface area (Å²) in [4.78, 5) is 11.9. The van der Waals surface area contributed by atoms with Gasteiger partial charge in [-0.1, -0.05) is 12.1 Å². The summed E-state index contributed by atoms with van der Waals surface area (Å²) in [7, 11) is 0. The predicted molar refractivity (Wildman–Crippen MR) is 56.2 cm³/mol. The third kappa shape index (κ3) is 6.26. The van der Waals surface area contributed by atoms with Crippen molar-refractivity contribution in [3.05, 3.63) is 11.7 Å². The average Bonchev–Trinajstić information content (AvgIpc) is 2.85. The fourth-order valence-corrected chi connectivity index (χ4v) is 0.885. The topological polar surface area (TPSA) is 122 Å². The molecule has 0 aromatic carbocycles. The number of rotatable bonds is 3. The van der Waals surface area contributed by atoms with Gasteiger partial charge in [0.2, 0.25) is 5.82 Å². The van der Waals surface area contributed by atoms with Crippen LogP contribution in [0, 0.1) is 0 Å². The summed E-state index contributed by atoms with van der Waals surface area (Å²) in [5.74, 6) is -4.69. The van der Waals surface area contributed by atoms with Gasteiger partial charge < -0.3 is 20.5 Å². The Morgan fingerprint density at radius 1 is 1.32 bits per heavy atom. The van der Waals surface area contributed by atoms with Gasteiger partial charge in [-0.05, 0) is 6.42 Å². The smallest absolute Gasteiger partial charge is 0.475 e. The molecule has 7 nitrogen and oxygen atoms in total. The number of carbonyl (C=O) groups is 1. The molecule has 2 atom stereocenters. The Hall–Kier alpha value is -1.89. The van der Waals surface area contributed by atoms with Crippen molar-refractivity contribution in [2.45, 2.75) is 37.8 Å². The third-order valence-electron chi connectivity index (χ3n) is 2.07. The molecule has 22 heavy (non-hydrogen) atoms. The number of alkyl halides is 6. The second-order valence-electron chi connectivity index (χ2n) is 3.78. The molecule has 0 saturated heterocycles. The summed E-state index contributed by atoms with van der Waals surface area (Å²) in [6.45, 7) is 1.68. The molecule has 0 fully saturated rings. The van der Waals surface area contributed by atoms with E-state index in [1.165, 1.54) is 0 Å². The molecule has 13 heteroatoms. The minimum absolute atomic E-state index is 0.386. The van der Waals surface area contributed by atoms with Crippen LogP contribution in [0.15, 0.2) is 4.52 Å². The number of halogens is 6. The second-order valence-corrected chi connectivity index (χ2v) is 3.78. The van der Waals surface area contributed by atoms with E-state index in [9.17, 15) is 31.4 Å². The van der Waals surface area contributed by atoms with Crippen molar-refractivity contribution in [3.63, 3.8) is 0 Å². The van der Waals surface area contributed by atoms with Crippen LogP contribution in [0.5, 0.6) is 0 Å². The van der Waals surface area contributed by atoms with Crippen LogP contribution in [0.25, 0.3) is 0 Å². The largest absolute Gasteiger partial charge is 0.490 e. The first-order chi connectivity index (χ1) is 9.80. The Kier molecular flexibility index (Phi) is 6.76. The minimum atomic E-state index is -5.08. The Balaban J connectivity index is 0.000000534. The monoisotopic (exact) mass is 339 g/mol. The van der Waals surface area contributed by atoms with E-state index >= 15 is 0 Å². The molecule has 1 aromatic heterocycles. The quantitative estimate of drug-likeness (QED) is 0.713. The van der Waals surface area contributed by atoms with Crippen molar-refractivity contribution >= 4 is 5.97 Å². The number of aliphatic hydroxyl groups excluding tert-OH is 1. The van der Waals surface area contributed by atoms with E-state index in [0.29, 0.717) is 6.42 Å². The first kappa shape index (κ1) is 20.1.